The summed E-state index contributed by atoms with van der Waals surface area (Å²) in [5.74, 6) is 1.54. The van der Waals surface area contributed by atoms with Crippen LogP contribution in [-0.4, -0.2) is 52.1 Å². The van der Waals surface area contributed by atoms with E-state index >= 15 is 0 Å². The van der Waals surface area contributed by atoms with E-state index in [1.165, 1.54) is 0 Å². The molecule has 2 aromatic rings. The number of aromatic nitrogens is 2. The summed E-state index contributed by atoms with van der Waals surface area (Å²) in [5, 5.41) is 13.2. The summed E-state index contributed by atoms with van der Waals surface area (Å²) in [7, 11) is 0. The van der Waals surface area contributed by atoms with Gasteiger partial charge in [-0.15, -0.1) is 0 Å². The number of morpholine rings is 1. The number of aliphatic hydroxyl groups excluding tert-OH is 1. The Labute approximate surface area is 116 Å². The van der Waals surface area contributed by atoms with E-state index in [2.05, 4.69) is 15.0 Å². The quantitative estimate of drug-likeness (QED) is 0.890. The van der Waals surface area contributed by atoms with Gasteiger partial charge in [-0.25, -0.2) is 0 Å². The van der Waals surface area contributed by atoms with Crippen LogP contribution in [0.5, 0.6) is 0 Å². The first-order valence-corrected chi connectivity index (χ1v) is 6.59. The largest absolute Gasteiger partial charge is 0.459 e. The van der Waals surface area contributed by atoms with Crippen LogP contribution in [0, 0.1) is 0 Å². The van der Waals surface area contributed by atoms with Crippen LogP contribution >= 0.6 is 0 Å². The van der Waals surface area contributed by atoms with Gasteiger partial charge in [-0.05, 0) is 19.1 Å². The maximum atomic E-state index is 9.21. The van der Waals surface area contributed by atoms with Crippen molar-refractivity contribution >= 4 is 0 Å². The van der Waals surface area contributed by atoms with Crippen molar-refractivity contribution in [2.24, 2.45) is 0 Å². The molecule has 1 fully saturated rings. The zero-order chi connectivity index (χ0) is 13.9. The van der Waals surface area contributed by atoms with Gasteiger partial charge >= 0.3 is 0 Å². The lowest BCUT2D eigenvalue weighted by Gasteiger charge is -2.35. The van der Waals surface area contributed by atoms with Crippen LogP contribution in [0.15, 0.2) is 27.3 Å². The molecule has 1 aliphatic heterocycles. The molecule has 7 heteroatoms. The van der Waals surface area contributed by atoms with Gasteiger partial charge in [-0.1, -0.05) is 5.16 Å². The fraction of sp³-hybridized carbons (Fsp3) is 0.538. The van der Waals surface area contributed by atoms with Crippen LogP contribution in [0.1, 0.15) is 12.7 Å². The van der Waals surface area contributed by atoms with E-state index in [1.807, 2.05) is 6.92 Å². The number of ether oxygens (including phenoxy) is 1. The van der Waals surface area contributed by atoms with E-state index in [4.69, 9.17) is 13.7 Å². The molecule has 0 spiro atoms. The first kappa shape index (κ1) is 13.3. The minimum atomic E-state index is -0.157. The second-order valence-corrected chi connectivity index (χ2v) is 4.94. The molecular formula is C13H17N3O4. The topological polar surface area (TPSA) is 84.8 Å². The molecule has 3 heterocycles. The highest BCUT2D eigenvalue weighted by Crippen LogP contribution is 2.18. The summed E-state index contributed by atoms with van der Waals surface area (Å²) in [4.78, 5) is 6.45. The predicted octanol–water partition coefficient (Wildman–Crippen LogP) is 0.911. The van der Waals surface area contributed by atoms with E-state index in [0.29, 0.717) is 30.6 Å². The summed E-state index contributed by atoms with van der Waals surface area (Å²) in [6.45, 7) is 4.01. The van der Waals surface area contributed by atoms with Crippen molar-refractivity contribution in [3.8, 4) is 11.7 Å². The molecule has 1 aliphatic rings. The minimum Gasteiger partial charge on any atom is -0.459 e. The van der Waals surface area contributed by atoms with E-state index in [0.717, 1.165) is 6.54 Å². The number of aliphatic hydroxyl groups is 1. The highest BCUT2D eigenvalue weighted by atomic mass is 16.5. The number of hydrogen-bond donors (Lipinski definition) is 1. The number of rotatable bonds is 4. The zero-order valence-corrected chi connectivity index (χ0v) is 11.2. The molecular weight excluding hydrogens is 262 g/mol. The van der Waals surface area contributed by atoms with Gasteiger partial charge in [0, 0.05) is 13.1 Å². The van der Waals surface area contributed by atoms with Crippen LogP contribution in [0.25, 0.3) is 11.7 Å². The van der Waals surface area contributed by atoms with Crippen LogP contribution in [0.4, 0.5) is 0 Å². The summed E-state index contributed by atoms with van der Waals surface area (Å²) >= 11 is 0. The monoisotopic (exact) mass is 279 g/mol. The van der Waals surface area contributed by atoms with E-state index in [1.54, 1.807) is 18.4 Å². The molecule has 3 rings (SSSR count). The predicted molar refractivity (Wildman–Crippen MR) is 68.7 cm³/mol. The number of furan rings is 1. The van der Waals surface area contributed by atoms with Gasteiger partial charge in [0.05, 0.1) is 31.6 Å². The van der Waals surface area contributed by atoms with E-state index in [9.17, 15) is 5.11 Å². The Bertz CT molecular complexity index is 540. The standard InChI is InChI=1S/C13H17N3O4/c1-9-5-16(6-10(8-17)19-9)7-12-14-13(20-15-12)11-3-2-4-18-11/h2-4,9-10,17H,5-8H2,1H3. The van der Waals surface area contributed by atoms with Gasteiger partial charge in [0.1, 0.15) is 0 Å². The molecule has 2 unspecified atom stereocenters. The summed E-state index contributed by atoms with van der Waals surface area (Å²) in [6.07, 6.45) is 1.49. The van der Waals surface area contributed by atoms with Crippen LogP contribution in [-0.2, 0) is 11.3 Å². The van der Waals surface area contributed by atoms with Crippen LogP contribution in [0.3, 0.4) is 0 Å². The third-order valence-corrected chi connectivity index (χ3v) is 3.17. The third kappa shape index (κ3) is 2.90. The normalized spacial score (nSPS) is 24.1. The van der Waals surface area contributed by atoms with Crippen molar-refractivity contribution in [1.29, 1.82) is 0 Å². The Morgan fingerprint density at radius 1 is 1.45 bits per heavy atom. The highest BCUT2D eigenvalue weighted by Gasteiger charge is 2.26. The van der Waals surface area contributed by atoms with Crippen LogP contribution < -0.4 is 0 Å². The second-order valence-electron chi connectivity index (χ2n) is 4.94. The van der Waals surface area contributed by atoms with Gasteiger partial charge in [0.2, 0.25) is 0 Å². The van der Waals surface area contributed by atoms with Gasteiger partial charge in [0.15, 0.2) is 11.6 Å². The Kier molecular flexibility index (Phi) is 3.81. The Morgan fingerprint density at radius 2 is 2.35 bits per heavy atom. The smallest absolute Gasteiger partial charge is 0.293 e. The van der Waals surface area contributed by atoms with Gasteiger partial charge in [0.25, 0.3) is 5.89 Å². The van der Waals surface area contributed by atoms with E-state index < -0.39 is 0 Å². The SMILES string of the molecule is CC1CN(Cc2noc(-c3ccco3)n2)CC(CO)O1. The fourth-order valence-corrected chi connectivity index (χ4v) is 2.39. The summed E-state index contributed by atoms with van der Waals surface area (Å²) in [5.41, 5.74) is 0. The van der Waals surface area contributed by atoms with Gasteiger partial charge < -0.3 is 18.8 Å². The average molecular weight is 279 g/mol. The molecule has 2 aromatic heterocycles. The number of hydrogen-bond acceptors (Lipinski definition) is 7. The lowest BCUT2D eigenvalue weighted by molar-refractivity contribution is -0.0978. The molecule has 20 heavy (non-hydrogen) atoms. The van der Waals surface area contributed by atoms with Crippen molar-refractivity contribution in [1.82, 2.24) is 15.0 Å². The maximum absolute atomic E-state index is 9.21. The molecule has 0 radical (unpaired) electrons. The summed E-state index contributed by atoms with van der Waals surface area (Å²) in [6, 6.07) is 3.55. The van der Waals surface area contributed by atoms with Crippen molar-refractivity contribution in [2.45, 2.75) is 25.7 Å². The lowest BCUT2D eigenvalue weighted by Crippen LogP contribution is -2.47. The van der Waals surface area contributed by atoms with Crippen LogP contribution in [0.2, 0.25) is 0 Å². The lowest BCUT2D eigenvalue weighted by atomic mass is 10.2. The minimum absolute atomic E-state index is 0.0186. The first-order chi connectivity index (χ1) is 9.74. The Morgan fingerprint density at radius 3 is 3.10 bits per heavy atom. The third-order valence-electron chi connectivity index (χ3n) is 3.17. The van der Waals surface area contributed by atoms with E-state index in [-0.39, 0.29) is 18.8 Å². The molecule has 0 bridgehead atoms. The van der Waals surface area contributed by atoms with Gasteiger partial charge in [-0.2, -0.15) is 4.98 Å². The van der Waals surface area contributed by atoms with Crippen molar-refractivity contribution in [3.63, 3.8) is 0 Å². The van der Waals surface area contributed by atoms with Gasteiger partial charge in [-0.3, -0.25) is 4.90 Å². The molecule has 0 saturated carbocycles. The molecule has 2 atom stereocenters. The fourth-order valence-electron chi connectivity index (χ4n) is 2.39. The first-order valence-electron chi connectivity index (χ1n) is 6.59. The highest BCUT2D eigenvalue weighted by molar-refractivity contribution is 5.42. The molecule has 108 valence electrons. The number of nitrogens with zero attached hydrogens (tertiary/aromatic N) is 3. The maximum Gasteiger partial charge on any atom is 0.293 e. The average Bonchev–Trinajstić information content (AvgIpc) is 3.08. The second kappa shape index (κ2) is 5.74. The zero-order valence-electron chi connectivity index (χ0n) is 11.2. The molecule has 1 N–H and O–H groups in total. The van der Waals surface area contributed by atoms with Crippen molar-refractivity contribution in [2.75, 3.05) is 19.7 Å². The molecule has 0 amide bonds. The molecule has 0 aromatic carbocycles. The van der Waals surface area contributed by atoms with Crippen molar-refractivity contribution < 1.29 is 18.8 Å². The molecule has 0 aliphatic carbocycles. The molecule has 1 saturated heterocycles. The van der Waals surface area contributed by atoms with Crippen molar-refractivity contribution in [3.05, 3.63) is 24.2 Å². The Hall–Kier alpha value is -1.70. The Balaban J connectivity index is 1.66. The molecule has 7 nitrogen and oxygen atoms in total. The summed E-state index contributed by atoms with van der Waals surface area (Å²) < 4.78 is 16.0.